The van der Waals surface area contributed by atoms with Crippen LogP contribution in [0.3, 0.4) is 0 Å². The number of hydrogen-bond acceptors (Lipinski definition) is 3. The molecule has 1 heterocycles. The Bertz CT molecular complexity index is 759. The first kappa shape index (κ1) is 18.5. The highest BCUT2D eigenvalue weighted by Gasteiger charge is 2.17. The number of ether oxygens (including phenoxy) is 2. The minimum atomic E-state index is 0.178. The van der Waals surface area contributed by atoms with Crippen molar-refractivity contribution in [2.24, 2.45) is 5.92 Å². The Morgan fingerprint density at radius 3 is 2.42 bits per heavy atom. The van der Waals surface area contributed by atoms with Crippen LogP contribution in [0.25, 0.3) is 0 Å². The molecule has 138 valence electrons. The van der Waals surface area contributed by atoms with Crippen molar-refractivity contribution in [3.63, 3.8) is 0 Å². The highest BCUT2D eigenvalue weighted by Crippen LogP contribution is 2.32. The number of rotatable bonds is 6. The van der Waals surface area contributed by atoms with E-state index in [1.807, 2.05) is 18.2 Å². The van der Waals surface area contributed by atoms with Gasteiger partial charge in [0, 0.05) is 6.54 Å². The molecule has 0 amide bonds. The van der Waals surface area contributed by atoms with E-state index in [1.54, 1.807) is 0 Å². The second kappa shape index (κ2) is 8.41. The van der Waals surface area contributed by atoms with Gasteiger partial charge in [0.1, 0.15) is 0 Å². The molecule has 0 spiro atoms. The van der Waals surface area contributed by atoms with Crippen molar-refractivity contribution in [1.29, 1.82) is 0 Å². The fourth-order valence-electron chi connectivity index (χ4n) is 3.02. The summed E-state index contributed by atoms with van der Waals surface area (Å²) in [7, 11) is 0. The van der Waals surface area contributed by atoms with Crippen molar-refractivity contribution in [1.82, 2.24) is 10.6 Å². The maximum Gasteiger partial charge on any atom is 0.231 e. The topological polar surface area (TPSA) is 42.5 Å². The highest BCUT2D eigenvalue weighted by molar-refractivity contribution is 7.80. The zero-order valence-corrected chi connectivity index (χ0v) is 16.4. The molecular weight excluding hydrogens is 344 g/mol. The Morgan fingerprint density at radius 2 is 1.73 bits per heavy atom. The first-order valence-electron chi connectivity index (χ1n) is 9.08. The minimum Gasteiger partial charge on any atom is -0.454 e. The van der Waals surface area contributed by atoms with Gasteiger partial charge in [-0.1, -0.05) is 51.1 Å². The van der Waals surface area contributed by atoms with E-state index in [-0.39, 0.29) is 6.04 Å². The van der Waals surface area contributed by atoms with Crippen molar-refractivity contribution in [3.8, 4) is 11.5 Å². The van der Waals surface area contributed by atoms with E-state index in [1.165, 1.54) is 11.1 Å². The molecule has 26 heavy (non-hydrogen) atoms. The lowest BCUT2D eigenvalue weighted by Gasteiger charge is -2.25. The van der Waals surface area contributed by atoms with Gasteiger partial charge in [-0.15, -0.1) is 0 Å². The molecule has 0 aliphatic carbocycles. The SMILES string of the molecule is CCc1ccc([C@@H](NC(=S)NCc2ccc3c(c2)OCO3)C(C)C)cc1. The lowest BCUT2D eigenvalue weighted by atomic mass is 9.95. The molecule has 1 aliphatic rings. The molecule has 2 aromatic carbocycles. The summed E-state index contributed by atoms with van der Waals surface area (Å²) in [4.78, 5) is 0. The molecule has 1 atom stereocenters. The molecule has 5 heteroatoms. The molecule has 2 N–H and O–H groups in total. The zero-order chi connectivity index (χ0) is 18.5. The van der Waals surface area contributed by atoms with Crippen LogP contribution in [-0.2, 0) is 13.0 Å². The third-order valence-electron chi connectivity index (χ3n) is 4.59. The van der Waals surface area contributed by atoms with E-state index >= 15 is 0 Å². The van der Waals surface area contributed by atoms with Gasteiger partial charge in [-0.3, -0.25) is 0 Å². The van der Waals surface area contributed by atoms with Gasteiger partial charge in [0.2, 0.25) is 6.79 Å². The predicted molar refractivity (Wildman–Crippen MR) is 109 cm³/mol. The summed E-state index contributed by atoms with van der Waals surface area (Å²) in [5.74, 6) is 2.01. The summed E-state index contributed by atoms with van der Waals surface area (Å²) in [5.41, 5.74) is 3.70. The summed E-state index contributed by atoms with van der Waals surface area (Å²) < 4.78 is 10.8. The van der Waals surface area contributed by atoms with E-state index in [2.05, 4.69) is 55.7 Å². The molecule has 0 bridgehead atoms. The standard InChI is InChI=1S/C21H26N2O2S/c1-4-15-5-8-17(9-6-15)20(14(2)3)23-21(26)22-12-16-7-10-18-19(11-16)25-13-24-18/h5-11,14,20H,4,12-13H2,1-3H3,(H2,22,23,26)/t20-/m0/s1. The third-order valence-corrected chi connectivity index (χ3v) is 4.85. The monoisotopic (exact) mass is 370 g/mol. The number of fused-ring (bicyclic) bond motifs is 1. The molecule has 2 aromatic rings. The number of nitrogens with one attached hydrogen (secondary N) is 2. The molecule has 0 fully saturated rings. The van der Waals surface area contributed by atoms with Crippen LogP contribution in [0.15, 0.2) is 42.5 Å². The first-order chi connectivity index (χ1) is 12.6. The van der Waals surface area contributed by atoms with Crippen LogP contribution >= 0.6 is 12.2 Å². The number of hydrogen-bond donors (Lipinski definition) is 2. The average molecular weight is 371 g/mol. The molecule has 0 unspecified atom stereocenters. The zero-order valence-electron chi connectivity index (χ0n) is 15.5. The fourth-order valence-corrected chi connectivity index (χ4v) is 3.22. The predicted octanol–water partition coefficient (Wildman–Crippen LogP) is 4.34. The average Bonchev–Trinajstić information content (AvgIpc) is 3.12. The van der Waals surface area contributed by atoms with Gasteiger partial charge in [0.25, 0.3) is 0 Å². The normalized spacial score (nSPS) is 13.5. The summed E-state index contributed by atoms with van der Waals surface area (Å²) in [6.07, 6.45) is 1.05. The van der Waals surface area contributed by atoms with Gasteiger partial charge in [0.05, 0.1) is 6.04 Å². The second-order valence-corrected chi connectivity index (χ2v) is 7.24. The van der Waals surface area contributed by atoms with Crippen LogP contribution < -0.4 is 20.1 Å². The van der Waals surface area contributed by atoms with Gasteiger partial charge < -0.3 is 20.1 Å². The molecular formula is C21H26N2O2S. The van der Waals surface area contributed by atoms with Crippen LogP contribution in [0, 0.1) is 5.92 Å². The lowest BCUT2D eigenvalue weighted by Crippen LogP contribution is -2.39. The second-order valence-electron chi connectivity index (χ2n) is 6.83. The first-order valence-corrected chi connectivity index (χ1v) is 9.49. The Labute approximate surface area is 160 Å². The number of aryl methyl sites for hydroxylation is 1. The fraction of sp³-hybridized carbons (Fsp3) is 0.381. The summed E-state index contributed by atoms with van der Waals surface area (Å²) in [5, 5.41) is 7.40. The Morgan fingerprint density at radius 1 is 1.04 bits per heavy atom. The van der Waals surface area contributed by atoms with E-state index < -0.39 is 0 Å². The van der Waals surface area contributed by atoms with Crippen molar-refractivity contribution in [2.75, 3.05) is 6.79 Å². The maximum absolute atomic E-state index is 5.52. The molecule has 4 nitrogen and oxygen atoms in total. The molecule has 1 aliphatic heterocycles. The minimum absolute atomic E-state index is 0.178. The van der Waals surface area contributed by atoms with Gasteiger partial charge in [0.15, 0.2) is 16.6 Å². The van der Waals surface area contributed by atoms with Crippen LogP contribution in [0.4, 0.5) is 0 Å². The molecule has 0 saturated carbocycles. The van der Waals surface area contributed by atoms with E-state index in [4.69, 9.17) is 21.7 Å². The third kappa shape index (κ3) is 4.47. The van der Waals surface area contributed by atoms with Crippen molar-refractivity contribution in [3.05, 3.63) is 59.2 Å². The van der Waals surface area contributed by atoms with E-state index in [0.717, 1.165) is 23.5 Å². The van der Waals surface area contributed by atoms with Gasteiger partial charge in [-0.25, -0.2) is 0 Å². The number of thiocarbonyl (C=S) groups is 1. The smallest absolute Gasteiger partial charge is 0.231 e. The van der Waals surface area contributed by atoms with Crippen LogP contribution in [0.1, 0.15) is 43.5 Å². The molecule has 0 aromatic heterocycles. The highest BCUT2D eigenvalue weighted by atomic mass is 32.1. The largest absolute Gasteiger partial charge is 0.454 e. The van der Waals surface area contributed by atoms with Crippen LogP contribution in [0.2, 0.25) is 0 Å². The Balaban J connectivity index is 1.59. The van der Waals surface area contributed by atoms with Gasteiger partial charge in [-0.05, 0) is 53.4 Å². The van der Waals surface area contributed by atoms with Gasteiger partial charge in [-0.2, -0.15) is 0 Å². The molecule has 0 saturated heterocycles. The summed E-state index contributed by atoms with van der Waals surface area (Å²) in [6, 6.07) is 14.9. The molecule has 3 rings (SSSR count). The van der Waals surface area contributed by atoms with Crippen molar-refractivity contribution >= 4 is 17.3 Å². The quantitative estimate of drug-likeness (QED) is 0.741. The summed E-state index contributed by atoms with van der Waals surface area (Å²) >= 11 is 5.52. The van der Waals surface area contributed by atoms with Gasteiger partial charge >= 0.3 is 0 Å². The Kier molecular flexibility index (Phi) is 5.99. The van der Waals surface area contributed by atoms with Crippen LogP contribution in [-0.4, -0.2) is 11.9 Å². The summed E-state index contributed by atoms with van der Waals surface area (Å²) in [6.45, 7) is 7.50. The van der Waals surface area contributed by atoms with E-state index in [9.17, 15) is 0 Å². The van der Waals surface area contributed by atoms with Crippen molar-refractivity contribution in [2.45, 2.75) is 39.8 Å². The number of benzene rings is 2. The maximum atomic E-state index is 5.52. The molecule has 0 radical (unpaired) electrons. The van der Waals surface area contributed by atoms with Crippen LogP contribution in [0.5, 0.6) is 11.5 Å². The lowest BCUT2D eigenvalue weighted by molar-refractivity contribution is 0.174. The van der Waals surface area contributed by atoms with Crippen molar-refractivity contribution < 1.29 is 9.47 Å². The Hall–Kier alpha value is -2.27. The van der Waals surface area contributed by atoms with E-state index in [0.29, 0.717) is 24.4 Å².